The summed E-state index contributed by atoms with van der Waals surface area (Å²) < 4.78 is 10.3. The van der Waals surface area contributed by atoms with Crippen molar-refractivity contribution in [3.8, 4) is 11.5 Å². The molecule has 1 heterocycles. The average Bonchev–Trinajstić information content (AvgIpc) is 3.29. The Labute approximate surface area is 203 Å². The maximum atomic E-state index is 13.0. The lowest BCUT2D eigenvalue weighted by atomic mass is 10.1. The molecule has 3 amide bonds. The molecule has 1 atom stereocenters. The van der Waals surface area contributed by atoms with Crippen LogP contribution in [0.5, 0.6) is 11.5 Å². The summed E-state index contributed by atoms with van der Waals surface area (Å²) in [6.07, 6.45) is 0.101. The van der Waals surface area contributed by atoms with E-state index >= 15 is 0 Å². The van der Waals surface area contributed by atoms with Crippen molar-refractivity contribution in [2.45, 2.75) is 13.0 Å². The molecule has 35 heavy (non-hydrogen) atoms. The van der Waals surface area contributed by atoms with Crippen molar-refractivity contribution in [1.29, 1.82) is 0 Å². The molecule has 1 saturated heterocycles. The van der Waals surface area contributed by atoms with Crippen LogP contribution in [-0.2, 0) is 16.1 Å². The largest absolute Gasteiger partial charge is 0.497 e. The van der Waals surface area contributed by atoms with E-state index in [9.17, 15) is 14.4 Å². The fourth-order valence-corrected chi connectivity index (χ4v) is 3.94. The zero-order valence-electron chi connectivity index (χ0n) is 19.6. The van der Waals surface area contributed by atoms with Crippen LogP contribution < -0.4 is 25.0 Å². The van der Waals surface area contributed by atoms with E-state index in [4.69, 9.17) is 9.47 Å². The van der Waals surface area contributed by atoms with Gasteiger partial charge in [0, 0.05) is 25.2 Å². The number of ether oxygens (including phenoxy) is 2. The van der Waals surface area contributed by atoms with Gasteiger partial charge in [-0.1, -0.05) is 24.3 Å². The van der Waals surface area contributed by atoms with Crippen LogP contribution in [0.25, 0.3) is 0 Å². The third kappa shape index (κ3) is 5.60. The van der Waals surface area contributed by atoms with Gasteiger partial charge in [0.05, 0.1) is 31.4 Å². The van der Waals surface area contributed by atoms with Gasteiger partial charge in [-0.2, -0.15) is 0 Å². The molecule has 1 aliphatic heterocycles. The molecular formula is C27H27N3O5. The van der Waals surface area contributed by atoms with Crippen LogP contribution in [0.2, 0.25) is 0 Å². The highest BCUT2D eigenvalue weighted by Crippen LogP contribution is 2.28. The van der Waals surface area contributed by atoms with Gasteiger partial charge >= 0.3 is 0 Å². The Hall–Kier alpha value is -4.33. The first kappa shape index (κ1) is 23.8. The Kier molecular flexibility index (Phi) is 7.30. The molecule has 2 N–H and O–H groups in total. The molecule has 3 aromatic carbocycles. The van der Waals surface area contributed by atoms with Crippen LogP contribution in [0, 0.1) is 5.92 Å². The third-order valence-electron chi connectivity index (χ3n) is 5.92. The summed E-state index contributed by atoms with van der Waals surface area (Å²) in [5, 5.41) is 5.72. The lowest BCUT2D eigenvalue weighted by Crippen LogP contribution is -2.29. The van der Waals surface area contributed by atoms with E-state index in [1.54, 1.807) is 67.7 Å². The van der Waals surface area contributed by atoms with E-state index in [1.807, 2.05) is 24.3 Å². The summed E-state index contributed by atoms with van der Waals surface area (Å²) >= 11 is 0. The minimum Gasteiger partial charge on any atom is -0.497 e. The molecule has 1 aliphatic rings. The topological polar surface area (TPSA) is 97.0 Å². The number of benzene rings is 3. The zero-order valence-corrected chi connectivity index (χ0v) is 19.6. The molecule has 0 saturated carbocycles. The van der Waals surface area contributed by atoms with Crippen molar-refractivity contribution >= 4 is 29.1 Å². The van der Waals surface area contributed by atoms with Crippen LogP contribution >= 0.6 is 0 Å². The highest BCUT2D eigenvalue weighted by Gasteiger charge is 2.35. The van der Waals surface area contributed by atoms with Crippen LogP contribution in [0.3, 0.4) is 0 Å². The molecule has 1 fully saturated rings. The normalized spacial score (nSPS) is 15.0. The molecule has 3 aromatic rings. The maximum absolute atomic E-state index is 13.0. The molecule has 4 rings (SSSR count). The monoisotopic (exact) mass is 473 g/mol. The van der Waals surface area contributed by atoms with Gasteiger partial charge in [-0.25, -0.2) is 0 Å². The zero-order chi connectivity index (χ0) is 24.8. The smallest absolute Gasteiger partial charge is 0.253 e. The van der Waals surface area contributed by atoms with Gasteiger partial charge in [0.15, 0.2) is 0 Å². The number of para-hydroxylation sites is 1. The molecule has 0 spiro atoms. The van der Waals surface area contributed by atoms with Crippen LogP contribution in [-0.4, -0.2) is 38.5 Å². The number of hydrogen-bond acceptors (Lipinski definition) is 5. The van der Waals surface area contributed by atoms with Crippen molar-refractivity contribution in [3.05, 3.63) is 83.9 Å². The van der Waals surface area contributed by atoms with Gasteiger partial charge in [0.25, 0.3) is 5.91 Å². The Morgan fingerprint density at radius 3 is 2.20 bits per heavy atom. The summed E-state index contributed by atoms with van der Waals surface area (Å²) in [6.45, 7) is 0.599. The first-order valence-corrected chi connectivity index (χ1v) is 11.2. The number of rotatable bonds is 8. The highest BCUT2D eigenvalue weighted by molar-refractivity contribution is 6.07. The minimum atomic E-state index is -0.528. The lowest BCUT2D eigenvalue weighted by Gasteiger charge is -2.17. The Morgan fingerprint density at radius 2 is 1.54 bits per heavy atom. The number of anilines is 2. The number of carbonyl (C=O) groups excluding carboxylic acids is 3. The fraction of sp³-hybridized carbons (Fsp3) is 0.222. The van der Waals surface area contributed by atoms with E-state index in [0.29, 0.717) is 29.2 Å². The summed E-state index contributed by atoms with van der Waals surface area (Å²) in [4.78, 5) is 40.0. The number of carbonyl (C=O) groups is 3. The second kappa shape index (κ2) is 10.7. The fourth-order valence-electron chi connectivity index (χ4n) is 3.94. The molecule has 8 nitrogen and oxygen atoms in total. The van der Waals surface area contributed by atoms with Crippen molar-refractivity contribution in [2.75, 3.05) is 31.0 Å². The van der Waals surface area contributed by atoms with E-state index in [-0.39, 0.29) is 30.7 Å². The molecule has 0 bridgehead atoms. The number of methoxy groups -OCH3 is 2. The van der Waals surface area contributed by atoms with Gasteiger partial charge in [-0.3, -0.25) is 14.4 Å². The van der Waals surface area contributed by atoms with Gasteiger partial charge in [0.1, 0.15) is 11.5 Å². The van der Waals surface area contributed by atoms with E-state index in [2.05, 4.69) is 10.6 Å². The summed E-state index contributed by atoms with van der Waals surface area (Å²) in [6, 6.07) is 21.4. The van der Waals surface area contributed by atoms with Gasteiger partial charge < -0.3 is 25.0 Å². The van der Waals surface area contributed by atoms with Crippen molar-refractivity contribution < 1.29 is 23.9 Å². The first-order valence-electron chi connectivity index (χ1n) is 11.2. The molecule has 0 radical (unpaired) electrons. The Morgan fingerprint density at radius 1 is 0.914 bits per heavy atom. The van der Waals surface area contributed by atoms with Crippen molar-refractivity contribution in [2.24, 2.45) is 5.92 Å². The van der Waals surface area contributed by atoms with Crippen molar-refractivity contribution in [3.63, 3.8) is 0 Å². The van der Waals surface area contributed by atoms with E-state index in [1.165, 1.54) is 0 Å². The Balaban J connectivity index is 1.39. The van der Waals surface area contributed by atoms with Gasteiger partial charge in [-0.15, -0.1) is 0 Å². The Bertz CT molecular complexity index is 1210. The predicted molar refractivity (Wildman–Crippen MR) is 133 cm³/mol. The predicted octanol–water partition coefficient (Wildman–Crippen LogP) is 3.63. The molecule has 0 aromatic heterocycles. The molecule has 180 valence electrons. The van der Waals surface area contributed by atoms with Crippen LogP contribution in [0.15, 0.2) is 72.8 Å². The van der Waals surface area contributed by atoms with Gasteiger partial charge in [0.2, 0.25) is 11.8 Å². The van der Waals surface area contributed by atoms with E-state index < -0.39 is 5.92 Å². The van der Waals surface area contributed by atoms with Gasteiger partial charge in [-0.05, 0) is 54.1 Å². The lowest BCUT2D eigenvalue weighted by molar-refractivity contribution is -0.122. The second-order valence-electron chi connectivity index (χ2n) is 8.17. The standard InChI is InChI=1S/C27H27N3O5/c1-34-21-11-7-18(8-12-21)16-28-27(33)23-5-3-4-6-24(23)29-26(32)19-15-25(31)30(17-19)20-9-13-22(35-2)14-10-20/h3-14,19H,15-17H2,1-2H3,(H,28,33)(H,29,32)/t19-/m1/s1. The third-order valence-corrected chi connectivity index (χ3v) is 5.92. The number of hydrogen-bond donors (Lipinski definition) is 2. The SMILES string of the molecule is COc1ccc(CNC(=O)c2ccccc2NC(=O)[C@@H]2CC(=O)N(c3ccc(OC)cc3)C2)cc1. The van der Waals surface area contributed by atoms with Crippen LogP contribution in [0.4, 0.5) is 11.4 Å². The summed E-state index contributed by atoms with van der Waals surface area (Å²) in [7, 11) is 3.17. The highest BCUT2D eigenvalue weighted by atomic mass is 16.5. The van der Waals surface area contributed by atoms with E-state index in [0.717, 1.165) is 11.3 Å². The number of nitrogens with zero attached hydrogens (tertiary/aromatic N) is 1. The summed E-state index contributed by atoms with van der Waals surface area (Å²) in [5.74, 6) is 0.172. The quantitative estimate of drug-likeness (QED) is 0.521. The molecule has 0 unspecified atom stereocenters. The molecular weight excluding hydrogens is 446 g/mol. The number of amides is 3. The minimum absolute atomic E-state index is 0.101. The molecule has 8 heteroatoms. The molecule has 0 aliphatic carbocycles. The summed E-state index contributed by atoms with van der Waals surface area (Å²) in [5.41, 5.74) is 2.39. The average molecular weight is 474 g/mol. The van der Waals surface area contributed by atoms with Crippen LogP contribution in [0.1, 0.15) is 22.3 Å². The first-order chi connectivity index (χ1) is 17.0. The second-order valence-corrected chi connectivity index (χ2v) is 8.17. The number of nitrogens with one attached hydrogen (secondary N) is 2. The van der Waals surface area contributed by atoms with Crippen molar-refractivity contribution in [1.82, 2.24) is 5.32 Å². The maximum Gasteiger partial charge on any atom is 0.253 e.